The van der Waals surface area contributed by atoms with Crippen LogP contribution in [0.5, 0.6) is 0 Å². The highest BCUT2D eigenvalue weighted by atomic mass is 19.1. The van der Waals surface area contributed by atoms with E-state index in [2.05, 4.69) is 10.3 Å². The molecule has 1 fully saturated rings. The zero-order chi connectivity index (χ0) is 27.5. The van der Waals surface area contributed by atoms with E-state index in [0.29, 0.717) is 31.6 Å². The molecule has 4 heterocycles. The lowest BCUT2D eigenvalue weighted by Gasteiger charge is -2.33. The van der Waals surface area contributed by atoms with Crippen molar-refractivity contribution in [1.82, 2.24) is 24.5 Å². The highest BCUT2D eigenvalue weighted by molar-refractivity contribution is 6.07. The molecule has 0 aliphatic carbocycles. The summed E-state index contributed by atoms with van der Waals surface area (Å²) in [6.45, 7) is 6.38. The van der Waals surface area contributed by atoms with Crippen molar-refractivity contribution in [3.63, 3.8) is 0 Å². The molecule has 5 aromatic rings. The number of fused-ring (bicyclic) bond motifs is 3. The summed E-state index contributed by atoms with van der Waals surface area (Å²) in [5, 5.41) is 20.0. The van der Waals surface area contributed by atoms with Crippen molar-refractivity contribution in [1.29, 1.82) is 0 Å². The monoisotopic (exact) mass is 531 g/mol. The maximum Gasteiger partial charge on any atom is 0.131 e. The molecule has 0 bridgehead atoms. The second-order valence-electron chi connectivity index (χ2n) is 10.9. The number of aryl methyl sites for hydroxylation is 2. The fraction of sp³-hybridized carbons (Fsp3) is 0.367. The first-order chi connectivity index (χ1) is 18.6. The third-order valence-electron chi connectivity index (χ3n) is 7.90. The Morgan fingerprint density at radius 1 is 1.05 bits per heavy atom. The summed E-state index contributed by atoms with van der Waals surface area (Å²) in [7, 11) is 1.82. The van der Waals surface area contributed by atoms with Crippen LogP contribution in [0.25, 0.3) is 33.2 Å². The van der Waals surface area contributed by atoms with E-state index >= 15 is 8.78 Å². The zero-order valence-corrected chi connectivity index (χ0v) is 22.4. The van der Waals surface area contributed by atoms with Crippen molar-refractivity contribution in [3.05, 3.63) is 77.1 Å². The summed E-state index contributed by atoms with van der Waals surface area (Å²) in [6.07, 6.45) is 3.10. The van der Waals surface area contributed by atoms with Gasteiger partial charge in [-0.25, -0.2) is 13.5 Å². The first-order valence-corrected chi connectivity index (χ1v) is 13.2. The van der Waals surface area contributed by atoms with E-state index in [4.69, 9.17) is 9.72 Å². The van der Waals surface area contributed by atoms with Gasteiger partial charge in [0, 0.05) is 43.0 Å². The molecule has 3 aromatic heterocycles. The Bertz CT molecular complexity index is 1660. The Kier molecular flexibility index (Phi) is 6.23. The van der Waals surface area contributed by atoms with Gasteiger partial charge in [0.25, 0.3) is 0 Å². The predicted molar refractivity (Wildman–Crippen MR) is 145 cm³/mol. The minimum atomic E-state index is -1.11. The summed E-state index contributed by atoms with van der Waals surface area (Å²) in [6, 6.07) is 11.1. The molecule has 202 valence electrons. The molecule has 39 heavy (non-hydrogen) atoms. The van der Waals surface area contributed by atoms with Crippen LogP contribution < -0.4 is 0 Å². The lowest BCUT2D eigenvalue weighted by Crippen LogP contribution is -2.28. The van der Waals surface area contributed by atoms with Gasteiger partial charge >= 0.3 is 0 Å². The van der Waals surface area contributed by atoms with Crippen molar-refractivity contribution in [2.45, 2.75) is 45.3 Å². The predicted octanol–water partition coefficient (Wildman–Crippen LogP) is 5.82. The molecule has 1 atom stereocenters. The number of aliphatic hydroxyl groups is 1. The molecule has 0 radical (unpaired) electrons. The summed E-state index contributed by atoms with van der Waals surface area (Å²) in [5.41, 5.74) is 4.22. The number of ether oxygens (including phenoxy) is 1. The average molecular weight is 532 g/mol. The number of benzene rings is 2. The second-order valence-corrected chi connectivity index (χ2v) is 10.9. The third kappa shape index (κ3) is 4.30. The maximum atomic E-state index is 15.6. The molecule has 0 spiro atoms. The van der Waals surface area contributed by atoms with Gasteiger partial charge in [-0.05, 0) is 69.4 Å². The summed E-state index contributed by atoms with van der Waals surface area (Å²) in [4.78, 5) is 4.86. The molecular weight excluding hydrogens is 500 g/mol. The molecule has 7 nitrogen and oxygen atoms in total. The largest absolute Gasteiger partial charge is 0.386 e. The van der Waals surface area contributed by atoms with Gasteiger partial charge in [0.15, 0.2) is 0 Å². The van der Waals surface area contributed by atoms with Crippen LogP contribution >= 0.6 is 0 Å². The van der Waals surface area contributed by atoms with Crippen molar-refractivity contribution in [2.24, 2.45) is 13.0 Å². The van der Waals surface area contributed by atoms with Crippen molar-refractivity contribution in [3.8, 4) is 11.3 Å². The van der Waals surface area contributed by atoms with E-state index in [1.54, 1.807) is 24.7 Å². The van der Waals surface area contributed by atoms with Crippen LogP contribution in [0.4, 0.5) is 8.78 Å². The first kappa shape index (κ1) is 25.6. The zero-order valence-electron chi connectivity index (χ0n) is 22.4. The molecule has 1 aliphatic rings. The Balaban J connectivity index is 1.73. The van der Waals surface area contributed by atoms with Crippen LogP contribution in [0.15, 0.2) is 48.7 Å². The highest BCUT2D eigenvalue weighted by Crippen LogP contribution is 2.43. The summed E-state index contributed by atoms with van der Waals surface area (Å²) in [5.74, 6) is -1.26. The molecule has 2 aromatic carbocycles. The summed E-state index contributed by atoms with van der Waals surface area (Å²) >= 11 is 0. The van der Waals surface area contributed by atoms with E-state index in [1.165, 1.54) is 18.2 Å². The topological polar surface area (TPSA) is 78.0 Å². The lowest BCUT2D eigenvalue weighted by molar-refractivity contribution is 0.0543. The fourth-order valence-electron chi connectivity index (χ4n) is 5.97. The van der Waals surface area contributed by atoms with Gasteiger partial charge < -0.3 is 14.4 Å². The molecule has 0 unspecified atom stereocenters. The van der Waals surface area contributed by atoms with Crippen LogP contribution in [-0.2, 0) is 17.4 Å². The van der Waals surface area contributed by atoms with Crippen LogP contribution in [0.2, 0.25) is 0 Å². The van der Waals surface area contributed by atoms with Gasteiger partial charge in [-0.1, -0.05) is 23.4 Å². The molecule has 1 N–H and O–H groups in total. The minimum Gasteiger partial charge on any atom is -0.386 e. The van der Waals surface area contributed by atoms with Crippen molar-refractivity contribution >= 4 is 21.9 Å². The molecule has 1 aliphatic heterocycles. The molecule has 0 saturated carbocycles. The number of hydrogen-bond acceptors (Lipinski definition) is 5. The quantitative estimate of drug-likeness (QED) is 0.310. The van der Waals surface area contributed by atoms with Crippen LogP contribution in [-0.4, -0.2) is 42.9 Å². The van der Waals surface area contributed by atoms with Gasteiger partial charge in [0.1, 0.15) is 11.6 Å². The molecule has 0 amide bonds. The number of nitrogens with zero attached hydrogens (tertiary/aromatic N) is 5. The maximum absolute atomic E-state index is 15.6. The van der Waals surface area contributed by atoms with Gasteiger partial charge in [0.2, 0.25) is 0 Å². The SMILES string of the molecule is Cc1nnn(C)c1-c1cnc2c3ccc(C(C)(C)O)cc3n([C@H](c3c(F)cccc3F)C3CCOCC3)c2c1. The highest BCUT2D eigenvalue weighted by Gasteiger charge is 2.34. The van der Waals surface area contributed by atoms with E-state index < -0.39 is 23.3 Å². The smallest absolute Gasteiger partial charge is 0.131 e. The third-order valence-corrected chi connectivity index (χ3v) is 7.90. The Morgan fingerprint density at radius 3 is 2.41 bits per heavy atom. The first-order valence-electron chi connectivity index (χ1n) is 13.2. The molecule has 9 heteroatoms. The van der Waals surface area contributed by atoms with Crippen molar-refractivity contribution < 1.29 is 18.6 Å². The van der Waals surface area contributed by atoms with Gasteiger partial charge in [-0.3, -0.25) is 4.98 Å². The Labute approximate surface area is 225 Å². The number of rotatable bonds is 5. The van der Waals surface area contributed by atoms with E-state index in [0.717, 1.165) is 38.9 Å². The van der Waals surface area contributed by atoms with Crippen LogP contribution in [0.3, 0.4) is 0 Å². The standard InChI is InChI=1S/C30H31F2N5O2/c1-17-28(36(4)35-34-17)19-14-25-27(33-16-19)21-9-8-20(30(2,3)38)15-24(21)37(25)29(18-10-12-39-13-11-18)26-22(31)6-5-7-23(26)32/h5-9,14-16,18,29,38H,10-13H2,1-4H3/t29-/m0/s1. The Hall–Kier alpha value is -3.69. The minimum absolute atomic E-state index is 0.0284. The number of halogens is 2. The molecular formula is C30H31F2N5O2. The number of aromatic nitrogens is 5. The molecule has 6 rings (SSSR count). The number of hydrogen-bond donors (Lipinski definition) is 1. The van der Waals surface area contributed by atoms with Gasteiger partial charge in [-0.15, -0.1) is 5.10 Å². The van der Waals surface area contributed by atoms with Crippen LogP contribution in [0.1, 0.15) is 49.6 Å². The van der Waals surface area contributed by atoms with E-state index in [1.807, 2.05) is 42.8 Å². The van der Waals surface area contributed by atoms with E-state index in [-0.39, 0.29) is 11.5 Å². The fourth-order valence-corrected chi connectivity index (χ4v) is 5.97. The van der Waals surface area contributed by atoms with Gasteiger partial charge in [0.05, 0.1) is 39.6 Å². The van der Waals surface area contributed by atoms with Crippen molar-refractivity contribution in [2.75, 3.05) is 13.2 Å². The Morgan fingerprint density at radius 2 is 1.77 bits per heavy atom. The summed E-state index contributed by atoms with van der Waals surface area (Å²) < 4.78 is 40.5. The normalized spacial score (nSPS) is 15.9. The molecule has 1 saturated heterocycles. The van der Waals surface area contributed by atoms with E-state index in [9.17, 15) is 5.11 Å². The second kappa shape index (κ2) is 9.50. The van der Waals surface area contributed by atoms with Gasteiger partial charge in [-0.2, -0.15) is 0 Å². The lowest BCUT2D eigenvalue weighted by atomic mass is 9.86. The average Bonchev–Trinajstić information content (AvgIpc) is 3.41. The van der Waals surface area contributed by atoms with Crippen LogP contribution in [0, 0.1) is 24.5 Å². The number of pyridine rings is 1.